The quantitative estimate of drug-likeness (QED) is 0.579. The highest BCUT2D eigenvalue weighted by Gasteiger charge is 2.08. The molecular weight excluding hydrogens is 126 g/mol. The maximum absolute atomic E-state index is 9.94. The first-order chi connectivity index (χ1) is 4.72. The number of carbonyl (C=O) groups is 1. The number of rotatable bonds is 5. The average molecular weight is 143 g/mol. The van der Waals surface area contributed by atoms with E-state index in [9.17, 15) is 4.79 Å². The fourth-order valence-electron chi connectivity index (χ4n) is 1.05. The maximum atomic E-state index is 9.94. The summed E-state index contributed by atoms with van der Waals surface area (Å²) < 4.78 is 0. The Morgan fingerprint density at radius 1 is 1.50 bits per heavy atom. The van der Waals surface area contributed by atoms with Gasteiger partial charge in [-0.2, -0.15) is 0 Å². The van der Waals surface area contributed by atoms with Crippen LogP contribution in [0.2, 0.25) is 0 Å². The molecule has 0 aliphatic carbocycles. The molecule has 0 radical (unpaired) electrons. The standard InChI is InChI=1S/C8H17NO/c1-4-8(7(2)3)5-9-6-10/h6-8H,4-5H2,1-3H3,(H,9,10). The molecule has 0 saturated heterocycles. The van der Waals surface area contributed by atoms with Crippen LogP contribution in [0.1, 0.15) is 27.2 Å². The number of nitrogens with one attached hydrogen (secondary N) is 1. The third-order valence-corrected chi connectivity index (χ3v) is 1.93. The highest BCUT2D eigenvalue weighted by molar-refractivity contribution is 5.45. The van der Waals surface area contributed by atoms with Gasteiger partial charge in [0.2, 0.25) is 6.41 Å². The summed E-state index contributed by atoms with van der Waals surface area (Å²) in [5, 5.41) is 2.70. The summed E-state index contributed by atoms with van der Waals surface area (Å²) in [6.07, 6.45) is 1.91. The molecule has 1 amide bonds. The smallest absolute Gasteiger partial charge is 0.207 e. The molecule has 0 aliphatic rings. The monoisotopic (exact) mass is 143 g/mol. The molecule has 0 bridgehead atoms. The van der Waals surface area contributed by atoms with E-state index in [1.54, 1.807) is 0 Å². The molecule has 0 aromatic heterocycles. The Hall–Kier alpha value is -0.530. The molecule has 2 nitrogen and oxygen atoms in total. The number of hydrogen-bond acceptors (Lipinski definition) is 1. The molecule has 10 heavy (non-hydrogen) atoms. The number of hydrogen-bond donors (Lipinski definition) is 1. The van der Waals surface area contributed by atoms with E-state index in [1.165, 1.54) is 0 Å². The third-order valence-electron chi connectivity index (χ3n) is 1.93. The van der Waals surface area contributed by atoms with E-state index < -0.39 is 0 Å². The summed E-state index contributed by atoms with van der Waals surface area (Å²) >= 11 is 0. The normalized spacial score (nSPS) is 13.2. The van der Waals surface area contributed by atoms with Crippen LogP contribution in [0.25, 0.3) is 0 Å². The van der Waals surface area contributed by atoms with Gasteiger partial charge in [0, 0.05) is 6.54 Å². The zero-order chi connectivity index (χ0) is 7.98. The lowest BCUT2D eigenvalue weighted by molar-refractivity contribution is -0.109. The average Bonchev–Trinajstić information content (AvgIpc) is 1.89. The zero-order valence-electron chi connectivity index (χ0n) is 7.05. The molecule has 0 fully saturated rings. The molecule has 0 aromatic carbocycles. The predicted molar refractivity (Wildman–Crippen MR) is 42.7 cm³/mol. The van der Waals surface area contributed by atoms with E-state index in [0.29, 0.717) is 11.8 Å². The summed E-state index contributed by atoms with van der Waals surface area (Å²) in [7, 11) is 0. The van der Waals surface area contributed by atoms with Crippen LogP contribution in [0.15, 0.2) is 0 Å². The van der Waals surface area contributed by atoms with E-state index >= 15 is 0 Å². The van der Waals surface area contributed by atoms with E-state index in [0.717, 1.165) is 19.4 Å². The second kappa shape index (κ2) is 5.27. The highest BCUT2D eigenvalue weighted by atomic mass is 16.1. The molecule has 0 spiro atoms. The van der Waals surface area contributed by atoms with E-state index in [1.807, 2.05) is 0 Å². The van der Waals surface area contributed by atoms with Gasteiger partial charge in [-0.25, -0.2) is 0 Å². The largest absolute Gasteiger partial charge is 0.358 e. The number of carbonyl (C=O) groups excluding carboxylic acids is 1. The predicted octanol–water partition coefficient (Wildman–Crippen LogP) is 1.41. The fraction of sp³-hybridized carbons (Fsp3) is 0.875. The van der Waals surface area contributed by atoms with Gasteiger partial charge in [-0.05, 0) is 11.8 Å². The molecular formula is C8H17NO. The molecule has 0 heterocycles. The molecule has 2 heteroatoms. The van der Waals surface area contributed by atoms with Crippen LogP contribution in [0.4, 0.5) is 0 Å². The summed E-state index contributed by atoms with van der Waals surface area (Å²) in [4.78, 5) is 9.94. The zero-order valence-corrected chi connectivity index (χ0v) is 7.05. The van der Waals surface area contributed by atoms with Crippen LogP contribution in [0, 0.1) is 11.8 Å². The van der Waals surface area contributed by atoms with Crippen LogP contribution in [-0.4, -0.2) is 13.0 Å². The molecule has 1 atom stereocenters. The van der Waals surface area contributed by atoms with Crippen molar-refractivity contribution in [2.45, 2.75) is 27.2 Å². The van der Waals surface area contributed by atoms with Crippen LogP contribution in [0.5, 0.6) is 0 Å². The van der Waals surface area contributed by atoms with E-state index in [-0.39, 0.29) is 0 Å². The first kappa shape index (κ1) is 9.47. The minimum atomic E-state index is 0.630. The van der Waals surface area contributed by atoms with Crippen molar-refractivity contribution in [3.63, 3.8) is 0 Å². The van der Waals surface area contributed by atoms with Gasteiger partial charge < -0.3 is 5.32 Å². The lowest BCUT2D eigenvalue weighted by Crippen LogP contribution is -2.24. The van der Waals surface area contributed by atoms with Crippen LogP contribution >= 0.6 is 0 Å². The Balaban J connectivity index is 3.49. The lowest BCUT2D eigenvalue weighted by Gasteiger charge is -2.17. The minimum Gasteiger partial charge on any atom is -0.358 e. The van der Waals surface area contributed by atoms with Gasteiger partial charge in [-0.1, -0.05) is 27.2 Å². The second-order valence-corrected chi connectivity index (χ2v) is 2.94. The van der Waals surface area contributed by atoms with Gasteiger partial charge in [0.25, 0.3) is 0 Å². The van der Waals surface area contributed by atoms with E-state index in [2.05, 4.69) is 26.1 Å². The molecule has 0 aromatic rings. The number of amides is 1. The van der Waals surface area contributed by atoms with Crippen molar-refractivity contribution >= 4 is 6.41 Å². The van der Waals surface area contributed by atoms with Gasteiger partial charge in [-0.15, -0.1) is 0 Å². The Kier molecular flexibility index (Phi) is 4.99. The van der Waals surface area contributed by atoms with Gasteiger partial charge in [0.15, 0.2) is 0 Å². The van der Waals surface area contributed by atoms with Crippen molar-refractivity contribution in [1.29, 1.82) is 0 Å². The molecule has 0 aliphatic heterocycles. The topological polar surface area (TPSA) is 29.1 Å². The Morgan fingerprint density at radius 2 is 2.10 bits per heavy atom. The third kappa shape index (κ3) is 3.49. The van der Waals surface area contributed by atoms with Crippen LogP contribution < -0.4 is 5.32 Å². The fourth-order valence-corrected chi connectivity index (χ4v) is 1.05. The highest BCUT2D eigenvalue weighted by Crippen LogP contribution is 2.12. The molecule has 1 N–H and O–H groups in total. The summed E-state index contributed by atoms with van der Waals surface area (Å²) in [6, 6.07) is 0. The van der Waals surface area contributed by atoms with Crippen molar-refractivity contribution in [3.05, 3.63) is 0 Å². The second-order valence-electron chi connectivity index (χ2n) is 2.94. The van der Waals surface area contributed by atoms with Gasteiger partial charge in [0.1, 0.15) is 0 Å². The maximum Gasteiger partial charge on any atom is 0.207 e. The Morgan fingerprint density at radius 3 is 2.40 bits per heavy atom. The first-order valence-corrected chi connectivity index (χ1v) is 3.89. The van der Waals surface area contributed by atoms with Crippen molar-refractivity contribution in [3.8, 4) is 0 Å². The summed E-state index contributed by atoms with van der Waals surface area (Å²) in [5.41, 5.74) is 0. The van der Waals surface area contributed by atoms with Crippen molar-refractivity contribution < 1.29 is 4.79 Å². The van der Waals surface area contributed by atoms with E-state index in [4.69, 9.17) is 0 Å². The van der Waals surface area contributed by atoms with Gasteiger partial charge in [0.05, 0.1) is 0 Å². The van der Waals surface area contributed by atoms with Crippen molar-refractivity contribution in [2.24, 2.45) is 11.8 Å². The summed E-state index contributed by atoms with van der Waals surface area (Å²) in [6.45, 7) is 7.33. The molecule has 0 rings (SSSR count). The first-order valence-electron chi connectivity index (χ1n) is 3.89. The van der Waals surface area contributed by atoms with Crippen LogP contribution in [0.3, 0.4) is 0 Å². The lowest BCUT2D eigenvalue weighted by atomic mass is 9.93. The van der Waals surface area contributed by atoms with Gasteiger partial charge in [-0.3, -0.25) is 4.79 Å². The molecule has 1 unspecified atom stereocenters. The van der Waals surface area contributed by atoms with Crippen molar-refractivity contribution in [2.75, 3.05) is 6.54 Å². The Labute approximate surface area is 63.0 Å². The summed E-state index contributed by atoms with van der Waals surface area (Å²) in [5.74, 6) is 1.29. The minimum absolute atomic E-state index is 0.630. The Bertz CT molecular complexity index is 91.3. The van der Waals surface area contributed by atoms with Crippen molar-refractivity contribution in [1.82, 2.24) is 5.32 Å². The van der Waals surface area contributed by atoms with Gasteiger partial charge >= 0.3 is 0 Å². The van der Waals surface area contributed by atoms with Crippen LogP contribution in [-0.2, 0) is 4.79 Å². The SMILES string of the molecule is CCC(CNC=O)C(C)C. The molecule has 60 valence electrons. The molecule has 0 saturated carbocycles.